The maximum Gasteiger partial charge on any atom is 0.226 e. The molecule has 0 aromatic carbocycles. The van der Waals surface area contributed by atoms with Crippen molar-refractivity contribution < 1.29 is 4.74 Å². The third kappa shape index (κ3) is 4.43. The molecule has 0 N–H and O–H groups in total. The SMILES string of the molecule is CC.CC.COc1nc(C)cc2nc(C)nc(N3CC=CCC3)c12. The van der Waals surface area contributed by atoms with Gasteiger partial charge in [0.2, 0.25) is 5.88 Å². The summed E-state index contributed by atoms with van der Waals surface area (Å²) in [5, 5.41) is 0.902. The molecule has 0 saturated heterocycles. The van der Waals surface area contributed by atoms with Crippen molar-refractivity contribution >= 4 is 16.7 Å². The van der Waals surface area contributed by atoms with Crippen molar-refractivity contribution in [1.29, 1.82) is 0 Å². The third-order valence-corrected chi connectivity index (χ3v) is 3.42. The minimum atomic E-state index is 0.601. The van der Waals surface area contributed by atoms with Crippen LogP contribution in [-0.4, -0.2) is 35.2 Å². The van der Waals surface area contributed by atoms with E-state index < -0.39 is 0 Å². The van der Waals surface area contributed by atoms with Crippen LogP contribution in [0.1, 0.15) is 45.6 Å². The first-order valence-electron chi connectivity index (χ1n) is 8.79. The predicted molar refractivity (Wildman–Crippen MR) is 102 cm³/mol. The number of nitrogens with zero attached hydrogens (tertiary/aromatic N) is 4. The lowest BCUT2D eigenvalue weighted by Gasteiger charge is -2.26. The highest BCUT2D eigenvalue weighted by molar-refractivity contribution is 5.94. The molecule has 2 aromatic heterocycles. The number of aromatic nitrogens is 3. The maximum atomic E-state index is 5.44. The average molecular weight is 330 g/mol. The molecule has 0 unspecified atom stereocenters. The summed E-state index contributed by atoms with van der Waals surface area (Å²) in [6.07, 6.45) is 5.40. The molecular weight excluding hydrogens is 300 g/mol. The Kier molecular flexibility index (Phi) is 8.16. The van der Waals surface area contributed by atoms with Gasteiger partial charge in [0.15, 0.2) is 0 Å². The number of ether oxygens (including phenoxy) is 1. The molecule has 3 rings (SSSR count). The quantitative estimate of drug-likeness (QED) is 0.760. The molecule has 132 valence electrons. The maximum absolute atomic E-state index is 5.44. The molecule has 0 aliphatic carbocycles. The Morgan fingerprint density at radius 2 is 1.71 bits per heavy atom. The zero-order chi connectivity index (χ0) is 18.1. The van der Waals surface area contributed by atoms with Gasteiger partial charge in [0.1, 0.15) is 17.0 Å². The summed E-state index contributed by atoms with van der Waals surface area (Å²) in [4.78, 5) is 15.9. The number of aryl methyl sites for hydroxylation is 2. The molecule has 3 heterocycles. The largest absolute Gasteiger partial charge is 0.480 e. The minimum Gasteiger partial charge on any atom is -0.480 e. The summed E-state index contributed by atoms with van der Waals surface area (Å²) < 4.78 is 5.44. The molecule has 0 atom stereocenters. The van der Waals surface area contributed by atoms with Gasteiger partial charge in [-0.1, -0.05) is 39.8 Å². The van der Waals surface area contributed by atoms with E-state index in [0.717, 1.165) is 47.7 Å². The molecule has 0 radical (unpaired) electrons. The summed E-state index contributed by atoms with van der Waals surface area (Å²) >= 11 is 0. The highest BCUT2D eigenvalue weighted by Crippen LogP contribution is 2.32. The topological polar surface area (TPSA) is 51.1 Å². The summed E-state index contributed by atoms with van der Waals surface area (Å²) in [6.45, 7) is 13.7. The lowest BCUT2D eigenvalue weighted by Crippen LogP contribution is -2.28. The molecule has 1 aliphatic heterocycles. The molecule has 0 bridgehead atoms. The van der Waals surface area contributed by atoms with Crippen LogP contribution in [-0.2, 0) is 0 Å². The van der Waals surface area contributed by atoms with Crippen LogP contribution in [0.15, 0.2) is 18.2 Å². The van der Waals surface area contributed by atoms with Crippen molar-refractivity contribution in [3.8, 4) is 5.88 Å². The monoisotopic (exact) mass is 330 g/mol. The van der Waals surface area contributed by atoms with Gasteiger partial charge in [-0.05, 0) is 26.3 Å². The van der Waals surface area contributed by atoms with E-state index >= 15 is 0 Å². The van der Waals surface area contributed by atoms with E-state index in [1.807, 2.05) is 47.6 Å². The first kappa shape index (κ1) is 19.9. The Hall–Kier alpha value is -2.17. The number of fused-ring (bicyclic) bond motifs is 1. The molecule has 5 nitrogen and oxygen atoms in total. The van der Waals surface area contributed by atoms with E-state index in [4.69, 9.17) is 4.74 Å². The molecule has 5 heteroatoms. The van der Waals surface area contributed by atoms with Gasteiger partial charge in [0.25, 0.3) is 0 Å². The van der Waals surface area contributed by atoms with Gasteiger partial charge in [-0.25, -0.2) is 15.0 Å². The summed E-state index contributed by atoms with van der Waals surface area (Å²) in [7, 11) is 1.64. The van der Waals surface area contributed by atoms with Gasteiger partial charge in [0.05, 0.1) is 12.6 Å². The van der Waals surface area contributed by atoms with Crippen LogP contribution >= 0.6 is 0 Å². The van der Waals surface area contributed by atoms with Crippen molar-refractivity contribution in [2.45, 2.75) is 48.0 Å². The third-order valence-electron chi connectivity index (χ3n) is 3.42. The van der Waals surface area contributed by atoms with Gasteiger partial charge in [-0.2, -0.15) is 0 Å². The number of hydrogen-bond acceptors (Lipinski definition) is 5. The van der Waals surface area contributed by atoms with Crippen LogP contribution in [0.3, 0.4) is 0 Å². The molecular formula is C19H30N4O. The minimum absolute atomic E-state index is 0.601. The van der Waals surface area contributed by atoms with E-state index in [1.165, 1.54) is 0 Å². The van der Waals surface area contributed by atoms with Crippen molar-refractivity contribution in [2.75, 3.05) is 25.1 Å². The second-order valence-electron chi connectivity index (χ2n) is 4.97. The van der Waals surface area contributed by atoms with Crippen LogP contribution in [0.4, 0.5) is 5.82 Å². The lowest BCUT2D eigenvalue weighted by atomic mass is 10.2. The highest BCUT2D eigenvalue weighted by atomic mass is 16.5. The van der Waals surface area contributed by atoms with Crippen LogP contribution < -0.4 is 9.64 Å². The number of anilines is 1. The molecule has 1 aliphatic rings. The Labute approximate surface area is 145 Å². The zero-order valence-electron chi connectivity index (χ0n) is 16.1. The Morgan fingerprint density at radius 3 is 2.29 bits per heavy atom. The number of methoxy groups -OCH3 is 1. The van der Waals surface area contributed by atoms with Crippen molar-refractivity contribution in [3.05, 3.63) is 29.7 Å². The van der Waals surface area contributed by atoms with Crippen LogP contribution in [0.5, 0.6) is 5.88 Å². The van der Waals surface area contributed by atoms with Crippen LogP contribution in [0.2, 0.25) is 0 Å². The second-order valence-corrected chi connectivity index (χ2v) is 4.97. The second kappa shape index (κ2) is 9.85. The molecule has 0 spiro atoms. The average Bonchev–Trinajstić information content (AvgIpc) is 2.64. The highest BCUT2D eigenvalue weighted by Gasteiger charge is 2.18. The van der Waals surface area contributed by atoms with Gasteiger partial charge in [0, 0.05) is 18.8 Å². The fourth-order valence-corrected chi connectivity index (χ4v) is 2.54. The number of pyridine rings is 1. The Balaban J connectivity index is 0.000000671. The molecule has 0 fully saturated rings. The standard InChI is InChI=1S/C15H18N4O.2C2H6/c1-10-9-12-13(15(16-10)20-3)14(18-11(2)17-12)19-7-5-4-6-8-19;2*1-2/h4-5,9H,6-8H2,1-3H3;2*1-2H3. The molecule has 0 amide bonds. The molecule has 0 saturated carbocycles. The van der Waals surface area contributed by atoms with Gasteiger partial charge >= 0.3 is 0 Å². The van der Waals surface area contributed by atoms with Gasteiger partial charge in [-0.3, -0.25) is 0 Å². The van der Waals surface area contributed by atoms with E-state index in [2.05, 4.69) is 32.0 Å². The van der Waals surface area contributed by atoms with Crippen molar-refractivity contribution in [3.63, 3.8) is 0 Å². The van der Waals surface area contributed by atoms with E-state index in [1.54, 1.807) is 7.11 Å². The van der Waals surface area contributed by atoms with Crippen molar-refractivity contribution in [1.82, 2.24) is 15.0 Å². The van der Waals surface area contributed by atoms with E-state index in [0.29, 0.717) is 5.88 Å². The fourth-order valence-electron chi connectivity index (χ4n) is 2.54. The Bertz CT molecular complexity index is 677. The molecule has 24 heavy (non-hydrogen) atoms. The van der Waals surface area contributed by atoms with Crippen LogP contribution in [0.25, 0.3) is 10.9 Å². The number of hydrogen-bond donors (Lipinski definition) is 0. The smallest absolute Gasteiger partial charge is 0.226 e. The lowest BCUT2D eigenvalue weighted by molar-refractivity contribution is 0.402. The predicted octanol–water partition coefficient (Wildman–Crippen LogP) is 4.47. The fraction of sp³-hybridized carbons (Fsp3) is 0.526. The van der Waals surface area contributed by atoms with Crippen LogP contribution in [0, 0.1) is 13.8 Å². The van der Waals surface area contributed by atoms with E-state index in [9.17, 15) is 0 Å². The first-order chi connectivity index (χ1) is 11.7. The molecule has 2 aromatic rings. The summed E-state index contributed by atoms with van der Waals surface area (Å²) in [5.41, 5.74) is 1.79. The normalized spacial score (nSPS) is 12.9. The zero-order valence-corrected chi connectivity index (χ0v) is 16.1. The van der Waals surface area contributed by atoms with Gasteiger partial charge < -0.3 is 9.64 Å². The van der Waals surface area contributed by atoms with Gasteiger partial charge in [-0.15, -0.1) is 0 Å². The Morgan fingerprint density at radius 1 is 1.00 bits per heavy atom. The van der Waals surface area contributed by atoms with E-state index in [-0.39, 0.29) is 0 Å². The van der Waals surface area contributed by atoms with Crippen molar-refractivity contribution in [2.24, 2.45) is 0 Å². The summed E-state index contributed by atoms with van der Waals surface area (Å²) in [5.74, 6) is 2.29. The first-order valence-corrected chi connectivity index (χ1v) is 8.79. The number of rotatable bonds is 2. The summed E-state index contributed by atoms with van der Waals surface area (Å²) in [6, 6.07) is 1.98.